The quantitative estimate of drug-likeness (QED) is 0.855. The molecular weight excluding hydrogens is 254 g/mol. The SMILES string of the molecule is Cn1nc(CN2CCN(c3ncccn3)CC2)cc1N. The summed E-state index contributed by atoms with van der Waals surface area (Å²) in [5.74, 6) is 1.52. The van der Waals surface area contributed by atoms with E-state index in [-0.39, 0.29) is 0 Å². The molecule has 2 aromatic heterocycles. The van der Waals surface area contributed by atoms with Crippen LogP contribution in [0, 0.1) is 0 Å². The first-order valence-corrected chi connectivity index (χ1v) is 6.75. The lowest BCUT2D eigenvalue weighted by atomic mass is 10.3. The summed E-state index contributed by atoms with van der Waals surface area (Å²) in [5.41, 5.74) is 6.82. The number of anilines is 2. The topological polar surface area (TPSA) is 76.1 Å². The van der Waals surface area contributed by atoms with Crippen LogP contribution in [0.3, 0.4) is 0 Å². The first-order valence-electron chi connectivity index (χ1n) is 6.75. The van der Waals surface area contributed by atoms with E-state index in [4.69, 9.17) is 5.73 Å². The molecule has 3 heterocycles. The molecule has 0 aliphatic carbocycles. The molecule has 7 heteroatoms. The molecule has 0 bridgehead atoms. The normalized spacial score (nSPS) is 16.6. The number of nitrogen functional groups attached to an aromatic ring is 1. The Morgan fingerprint density at radius 1 is 1.15 bits per heavy atom. The van der Waals surface area contributed by atoms with Gasteiger partial charge >= 0.3 is 0 Å². The number of hydrogen-bond acceptors (Lipinski definition) is 6. The van der Waals surface area contributed by atoms with Gasteiger partial charge in [0, 0.05) is 58.2 Å². The van der Waals surface area contributed by atoms with Crippen molar-refractivity contribution in [1.29, 1.82) is 0 Å². The number of aromatic nitrogens is 4. The fraction of sp³-hybridized carbons (Fsp3) is 0.462. The Hall–Kier alpha value is -2.15. The summed E-state index contributed by atoms with van der Waals surface area (Å²) in [5, 5.41) is 4.39. The van der Waals surface area contributed by atoms with Crippen LogP contribution < -0.4 is 10.6 Å². The third-order valence-electron chi connectivity index (χ3n) is 3.56. The van der Waals surface area contributed by atoms with Crippen molar-refractivity contribution >= 4 is 11.8 Å². The van der Waals surface area contributed by atoms with Crippen LogP contribution in [0.4, 0.5) is 11.8 Å². The van der Waals surface area contributed by atoms with E-state index >= 15 is 0 Å². The lowest BCUT2D eigenvalue weighted by Crippen LogP contribution is -2.46. The Kier molecular flexibility index (Phi) is 3.51. The summed E-state index contributed by atoms with van der Waals surface area (Å²) in [6, 6.07) is 3.78. The largest absolute Gasteiger partial charge is 0.384 e. The molecule has 0 aromatic carbocycles. The van der Waals surface area contributed by atoms with Gasteiger partial charge in [-0.3, -0.25) is 9.58 Å². The van der Waals surface area contributed by atoms with E-state index in [1.807, 2.05) is 19.2 Å². The lowest BCUT2D eigenvalue weighted by Gasteiger charge is -2.34. The molecule has 0 atom stereocenters. The van der Waals surface area contributed by atoms with Gasteiger partial charge in [-0.1, -0.05) is 0 Å². The van der Waals surface area contributed by atoms with Crippen LogP contribution in [0.5, 0.6) is 0 Å². The molecule has 106 valence electrons. The van der Waals surface area contributed by atoms with Crippen LogP contribution >= 0.6 is 0 Å². The highest BCUT2D eigenvalue weighted by Gasteiger charge is 2.19. The average Bonchev–Trinajstić information content (AvgIpc) is 2.79. The van der Waals surface area contributed by atoms with Crippen LogP contribution in [0.2, 0.25) is 0 Å². The van der Waals surface area contributed by atoms with E-state index in [9.17, 15) is 0 Å². The zero-order valence-corrected chi connectivity index (χ0v) is 11.6. The molecule has 1 fully saturated rings. The van der Waals surface area contributed by atoms with Crippen molar-refractivity contribution < 1.29 is 0 Å². The van der Waals surface area contributed by atoms with Gasteiger partial charge < -0.3 is 10.6 Å². The molecule has 3 rings (SSSR count). The van der Waals surface area contributed by atoms with E-state index in [0.29, 0.717) is 5.82 Å². The number of rotatable bonds is 3. The predicted octanol–water partition coefficient (Wildman–Crippen LogP) is 0.115. The van der Waals surface area contributed by atoms with Gasteiger partial charge in [-0.2, -0.15) is 5.10 Å². The second-order valence-corrected chi connectivity index (χ2v) is 5.00. The Morgan fingerprint density at radius 3 is 2.45 bits per heavy atom. The highest BCUT2D eigenvalue weighted by atomic mass is 15.3. The second-order valence-electron chi connectivity index (χ2n) is 5.00. The molecule has 1 aliphatic heterocycles. The van der Waals surface area contributed by atoms with Crippen molar-refractivity contribution in [3.8, 4) is 0 Å². The highest BCUT2D eigenvalue weighted by molar-refractivity contribution is 5.31. The second kappa shape index (κ2) is 5.46. The van der Waals surface area contributed by atoms with Gasteiger partial charge in [-0.25, -0.2) is 9.97 Å². The number of nitrogens with zero attached hydrogens (tertiary/aromatic N) is 6. The van der Waals surface area contributed by atoms with Crippen LogP contribution in [-0.4, -0.2) is 50.8 Å². The van der Waals surface area contributed by atoms with Gasteiger partial charge in [0.15, 0.2) is 0 Å². The summed E-state index contributed by atoms with van der Waals surface area (Å²) >= 11 is 0. The number of piperazine rings is 1. The number of hydrogen-bond donors (Lipinski definition) is 1. The minimum Gasteiger partial charge on any atom is -0.384 e. The van der Waals surface area contributed by atoms with Crippen molar-refractivity contribution in [1.82, 2.24) is 24.6 Å². The number of nitrogens with two attached hydrogens (primary N) is 1. The standard InChI is InChI=1S/C13H19N7/c1-18-12(14)9-11(17-18)10-19-5-7-20(8-6-19)13-15-3-2-4-16-13/h2-4,9H,5-8,10,14H2,1H3. The van der Waals surface area contributed by atoms with Crippen LogP contribution in [0.1, 0.15) is 5.69 Å². The molecular formula is C13H19N7. The molecule has 0 unspecified atom stereocenters. The third kappa shape index (κ3) is 2.72. The van der Waals surface area contributed by atoms with Crippen molar-refractivity contribution in [2.45, 2.75) is 6.54 Å². The molecule has 2 aromatic rings. The molecule has 20 heavy (non-hydrogen) atoms. The molecule has 1 aliphatic rings. The van der Waals surface area contributed by atoms with E-state index in [1.54, 1.807) is 17.1 Å². The summed E-state index contributed by atoms with van der Waals surface area (Å²) < 4.78 is 1.71. The van der Waals surface area contributed by atoms with E-state index in [0.717, 1.165) is 44.4 Å². The van der Waals surface area contributed by atoms with Gasteiger partial charge in [-0.05, 0) is 6.07 Å². The van der Waals surface area contributed by atoms with Gasteiger partial charge in [0.2, 0.25) is 5.95 Å². The van der Waals surface area contributed by atoms with Crippen molar-refractivity contribution in [2.24, 2.45) is 7.05 Å². The predicted molar refractivity (Wildman–Crippen MR) is 77.1 cm³/mol. The molecule has 0 spiro atoms. The van der Waals surface area contributed by atoms with Crippen LogP contribution in [0.25, 0.3) is 0 Å². The van der Waals surface area contributed by atoms with Crippen molar-refractivity contribution in [3.05, 3.63) is 30.2 Å². The first-order chi connectivity index (χ1) is 9.72. The van der Waals surface area contributed by atoms with E-state index in [2.05, 4.69) is 24.9 Å². The summed E-state index contributed by atoms with van der Waals surface area (Å²) in [4.78, 5) is 13.2. The molecule has 0 radical (unpaired) electrons. The first kappa shape index (κ1) is 12.9. The Morgan fingerprint density at radius 2 is 1.85 bits per heavy atom. The highest BCUT2D eigenvalue weighted by Crippen LogP contribution is 2.13. The number of aryl methyl sites for hydroxylation is 1. The van der Waals surface area contributed by atoms with E-state index in [1.165, 1.54) is 0 Å². The van der Waals surface area contributed by atoms with Crippen LogP contribution in [0.15, 0.2) is 24.5 Å². The average molecular weight is 273 g/mol. The maximum atomic E-state index is 5.80. The fourth-order valence-electron chi connectivity index (χ4n) is 2.41. The molecule has 1 saturated heterocycles. The maximum absolute atomic E-state index is 5.80. The minimum atomic E-state index is 0.705. The summed E-state index contributed by atoms with van der Waals surface area (Å²) in [7, 11) is 1.86. The maximum Gasteiger partial charge on any atom is 0.225 e. The minimum absolute atomic E-state index is 0.705. The van der Waals surface area contributed by atoms with Gasteiger partial charge in [0.1, 0.15) is 5.82 Å². The van der Waals surface area contributed by atoms with E-state index < -0.39 is 0 Å². The van der Waals surface area contributed by atoms with Gasteiger partial charge in [0.25, 0.3) is 0 Å². The third-order valence-corrected chi connectivity index (χ3v) is 3.56. The molecule has 2 N–H and O–H groups in total. The van der Waals surface area contributed by atoms with Crippen molar-refractivity contribution in [3.63, 3.8) is 0 Å². The summed E-state index contributed by atoms with van der Waals surface area (Å²) in [6.07, 6.45) is 3.57. The van der Waals surface area contributed by atoms with Gasteiger partial charge in [0.05, 0.1) is 5.69 Å². The Bertz CT molecular complexity index is 538. The molecule has 0 amide bonds. The smallest absolute Gasteiger partial charge is 0.225 e. The Labute approximate surface area is 118 Å². The monoisotopic (exact) mass is 273 g/mol. The zero-order valence-electron chi connectivity index (χ0n) is 11.6. The van der Waals surface area contributed by atoms with Crippen molar-refractivity contribution in [2.75, 3.05) is 36.8 Å². The molecule has 7 nitrogen and oxygen atoms in total. The fourth-order valence-corrected chi connectivity index (χ4v) is 2.41. The van der Waals surface area contributed by atoms with Gasteiger partial charge in [-0.15, -0.1) is 0 Å². The van der Waals surface area contributed by atoms with Crippen LogP contribution in [-0.2, 0) is 13.6 Å². The summed E-state index contributed by atoms with van der Waals surface area (Å²) in [6.45, 7) is 4.68. The zero-order chi connectivity index (χ0) is 13.9. The molecule has 0 saturated carbocycles. The lowest BCUT2D eigenvalue weighted by molar-refractivity contribution is 0.245. The Balaban J connectivity index is 1.56.